The van der Waals surface area contributed by atoms with Crippen molar-refractivity contribution in [3.05, 3.63) is 29.8 Å². The molecule has 0 spiro atoms. The fraction of sp³-hybridized carbons (Fsp3) is 0.647. The van der Waals surface area contributed by atoms with Gasteiger partial charge in [-0.3, -0.25) is 0 Å². The molecule has 0 bridgehead atoms. The van der Waals surface area contributed by atoms with Crippen molar-refractivity contribution in [3.63, 3.8) is 0 Å². The van der Waals surface area contributed by atoms with E-state index in [0.717, 1.165) is 17.9 Å². The van der Waals surface area contributed by atoms with Crippen molar-refractivity contribution in [2.45, 2.75) is 45.1 Å². The molecule has 1 aromatic carbocycles. The van der Waals surface area contributed by atoms with E-state index in [1.54, 1.807) is 0 Å². The van der Waals surface area contributed by atoms with Gasteiger partial charge in [0.25, 0.3) is 0 Å². The minimum absolute atomic E-state index is 0.0391. The molecule has 1 saturated heterocycles. The third-order valence-electron chi connectivity index (χ3n) is 4.02. The van der Waals surface area contributed by atoms with Crippen LogP contribution in [0.2, 0.25) is 0 Å². The van der Waals surface area contributed by atoms with Gasteiger partial charge in [0.15, 0.2) is 0 Å². The monoisotopic (exact) mass is 276 g/mol. The number of hydrogen-bond donors (Lipinski definition) is 1. The summed E-state index contributed by atoms with van der Waals surface area (Å²) in [5.74, 6) is 0.939. The quantitative estimate of drug-likeness (QED) is 0.896. The number of para-hydroxylation sites is 1. The first-order chi connectivity index (χ1) is 9.81. The van der Waals surface area contributed by atoms with Crippen molar-refractivity contribution in [1.82, 2.24) is 4.90 Å². The van der Waals surface area contributed by atoms with E-state index in [2.05, 4.69) is 11.0 Å². The zero-order chi connectivity index (χ0) is 14.2. The lowest BCUT2D eigenvalue weighted by molar-refractivity contribution is 0.232. The Morgan fingerprint density at radius 2 is 1.75 bits per heavy atom. The molecule has 112 valence electrons. The van der Waals surface area contributed by atoms with Gasteiger partial charge >= 0.3 is 0 Å². The van der Waals surface area contributed by atoms with Crippen molar-refractivity contribution in [1.29, 1.82) is 0 Å². The Morgan fingerprint density at radius 1 is 1.10 bits per heavy atom. The van der Waals surface area contributed by atoms with Crippen LogP contribution >= 0.6 is 0 Å². The van der Waals surface area contributed by atoms with E-state index in [4.69, 9.17) is 10.5 Å². The molecule has 0 saturated carbocycles. The highest BCUT2D eigenvalue weighted by Gasteiger charge is 2.16. The molecule has 20 heavy (non-hydrogen) atoms. The molecule has 3 heteroatoms. The molecule has 1 atom stereocenters. The van der Waals surface area contributed by atoms with Gasteiger partial charge < -0.3 is 15.4 Å². The van der Waals surface area contributed by atoms with Crippen LogP contribution in [0, 0.1) is 0 Å². The van der Waals surface area contributed by atoms with E-state index in [-0.39, 0.29) is 6.04 Å². The summed E-state index contributed by atoms with van der Waals surface area (Å²) in [4.78, 5) is 2.52. The number of ether oxygens (including phenoxy) is 1. The summed E-state index contributed by atoms with van der Waals surface area (Å²) < 4.78 is 5.69. The van der Waals surface area contributed by atoms with Crippen molar-refractivity contribution in [2.24, 2.45) is 5.73 Å². The maximum atomic E-state index is 6.43. The average molecular weight is 276 g/mol. The minimum atomic E-state index is 0.0391. The average Bonchev–Trinajstić information content (AvgIpc) is 2.42. The van der Waals surface area contributed by atoms with Crippen LogP contribution in [0.3, 0.4) is 0 Å². The lowest BCUT2D eigenvalue weighted by Gasteiger charge is -2.28. The zero-order valence-electron chi connectivity index (χ0n) is 12.7. The Balaban J connectivity index is 1.97. The Kier molecular flexibility index (Phi) is 6.34. The molecule has 1 aliphatic rings. The Bertz CT molecular complexity index is 386. The lowest BCUT2D eigenvalue weighted by Crippen LogP contribution is -2.34. The first-order valence-electron chi connectivity index (χ1n) is 8.01. The second kappa shape index (κ2) is 8.28. The maximum absolute atomic E-state index is 6.43. The zero-order valence-corrected chi connectivity index (χ0v) is 12.7. The highest BCUT2D eigenvalue weighted by molar-refractivity contribution is 5.35. The fourth-order valence-corrected chi connectivity index (χ4v) is 2.95. The molecule has 0 amide bonds. The Hall–Kier alpha value is -1.06. The first-order valence-corrected chi connectivity index (χ1v) is 8.01. The van der Waals surface area contributed by atoms with E-state index < -0.39 is 0 Å². The summed E-state index contributed by atoms with van der Waals surface area (Å²) >= 11 is 0. The smallest absolute Gasteiger partial charge is 0.124 e. The highest BCUT2D eigenvalue weighted by atomic mass is 16.5. The van der Waals surface area contributed by atoms with Crippen LogP contribution in [0.4, 0.5) is 0 Å². The molecular weight excluding hydrogens is 248 g/mol. The van der Waals surface area contributed by atoms with E-state index in [9.17, 15) is 0 Å². The number of rotatable bonds is 5. The predicted molar refractivity (Wildman–Crippen MR) is 84.1 cm³/mol. The van der Waals surface area contributed by atoms with Crippen LogP contribution in [0.25, 0.3) is 0 Å². The third kappa shape index (κ3) is 4.50. The van der Waals surface area contributed by atoms with Crippen LogP contribution in [-0.2, 0) is 0 Å². The second-order valence-electron chi connectivity index (χ2n) is 5.65. The molecule has 1 unspecified atom stereocenters. The van der Waals surface area contributed by atoms with Gasteiger partial charge in [-0.05, 0) is 38.9 Å². The molecule has 0 radical (unpaired) electrons. The number of hydrogen-bond acceptors (Lipinski definition) is 3. The predicted octanol–water partition coefficient (Wildman–Crippen LogP) is 3.35. The SMILES string of the molecule is CCOc1ccccc1C(N)CN1CCCCCCC1. The topological polar surface area (TPSA) is 38.5 Å². The molecule has 1 aliphatic heterocycles. The molecular formula is C17H28N2O. The van der Waals surface area contributed by atoms with E-state index in [1.165, 1.54) is 45.2 Å². The highest BCUT2D eigenvalue weighted by Crippen LogP contribution is 2.24. The largest absolute Gasteiger partial charge is 0.494 e. The van der Waals surface area contributed by atoms with Crippen molar-refractivity contribution >= 4 is 0 Å². The molecule has 0 aliphatic carbocycles. The van der Waals surface area contributed by atoms with Gasteiger partial charge in [-0.15, -0.1) is 0 Å². The summed E-state index contributed by atoms with van der Waals surface area (Å²) in [6, 6.07) is 8.21. The summed E-state index contributed by atoms with van der Waals surface area (Å²) in [6.07, 6.45) is 6.73. The fourth-order valence-electron chi connectivity index (χ4n) is 2.95. The van der Waals surface area contributed by atoms with Gasteiger partial charge in [-0.1, -0.05) is 37.5 Å². The Labute approximate surface area is 123 Å². The van der Waals surface area contributed by atoms with Crippen LogP contribution in [-0.4, -0.2) is 31.1 Å². The van der Waals surface area contributed by atoms with Gasteiger partial charge in [0, 0.05) is 18.2 Å². The van der Waals surface area contributed by atoms with Crippen molar-refractivity contribution < 1.29 is 4.74 Å². The molecule has 3 nitrogen and oxygen atoms in total. The standard InChI is InChI=1S/C17H28N2O/c1-2-20-17-11-7-6-10-15(17)16(18)14-19-12-8-4-3-5-9-13-19/h6-7,10-11,16H,2-5,8-9,12-14,18H2,1H3. The van der Waals surface area contributed by atoms with Crippen molar-refractivity contribution in [2.75, 3.05) is 26.2 Å². The number of benzene rings is 1. The van der Waals surface area contributed by atoms with Gasteiger partial charge in [0.2, 0.25) is 0 Å². The van der Waals surface area contributed by atoms with Gasteiger partial charge in [0.05, 0.1) is 6.61 Å². The van der Waals surface area contributed by atoms with Gasteiger partial charge in [-0.2, -0.15) is 0 Å². The van der Waals surface area contributed by atoms with Gasteiger partial charge in [0.1, 0.15) is 5.75 Å². The van der Waals surface area contributed by atoms with Crippen molar-refractivity contribution in [3.8, 4) is 5.75 Å². The Morgan fingerprint density at radius 3 is 2.45 bits per heavy atom. The van der Waals surface area contributed by atoms with Crippen LogP contribution in [0.5, 0.6) is 5.75 Å². The minimum Gasteiger partial charge on any atom is -0.494 e. The van der Waals surface area contributed by atoms with Gasteiger partial charge in [-0.25, -0.2) is 0 Å². The van der Waals surface area contributed by atoms with Crippen LogP contribution in [0.15, 0.2) is 24.3 Å². The molecule has 0 aromatic heterocycles. The normalized spacial score (nSPS) is 19.1. The second-order valence-corrected chi connectivity index (χ2v) is 5.65. The van der Waals surface area contributed by atoms with E-state index in [1.807, 2.05) is 25.1 Å². The molecule has 2 rings (SSSR count). The molecule has 1 aromatic rings. The lowest BCUT2D eigenvalue weighted by atomic mass is 10.0. The molecule has 1 heterocycles. The summed E-state index contributed by atoms with van der Waals surface area (Å²) in [5.41, 5.74) is 7.56. The third-order valence-corrected chi connectivity index (χ3v) is 4.02. The number of nitrogens with zero attached hydrogens (tertiary/aromatic N) is 1. The summed E-state index contributed by atoms with van der Waals surface area (Å²) in [7, 11) is 0. The number of likely N-dealkylation sites (tertiary alicyclic amines) is 1. The maximum Gasteiger partial charge on any atom is 0.124 e. The van der Waals surface area contributed by atoms with Crippen LogP contribution < -0.4 is 10.5 Å². The summed E-state index contributed by atoms with van der Waals surface area (Å²) in [5, 5.41) is 0. The van der Waals surface area contributed by atoms with E-state index >= 15 is 0 Å². The first kappa shape index (κ1) is 15.3. The number of nitrogens with two attached hydrogens (primary N) is 1. The summed E-state index contributed by atoms with van der Waals surface area (Å²) in [6.45, 7) is 6.01. The molecule has 2 N–H and O–H groups in total. The molecule has 1 fully saturated rings. The van der Waals surface area contributed by atoms with Crippen LogP contribution in [0.1, 0.15) is 50.6 Å². The van der Waals surface area contributed by atoms with E-state index in [0.29, 0.717) is 6.61 Å².